The molecular formula is C12H17NO3. The molecule has 1 rings (SSSR count). The Bertz CT molecular complexity index is 427. The molecule has 4 nitrogen and oxygen atoms in total. The van der Waals surface area contributed by atoms with E-state index in [-0.39, 0.29) is 12.3 Å². The van der Waals surface area contributed by atoms with Gasteiger partial charge in [0.05, 0.1) is 5.92 Å². The van der Waals surface area contributed by atoms with Gasteiger partial charge in [-0.05, 0) is 37.5 Å². The Kier molecular flexibility index (Phi) is 3.55. The second-order valence-electron chi connectivity index (χ2n) is 4.02. The molecule has 1 aromatic carbocycles. The highest BCUT2D eigenvalue weighted by Crippen LogP contribution is 2.33. The number of benzene rings is 1. The number of aryl methyl sites for hydroxylation is 2. The van der Waals surface area contributed by atoms with Gasteiger partial charge < -0.3 is 15.9 Å². The van der Waals surface area contributed by atoms with Gasteiger partial charge in [-0.2, -0.15) is 0 Å². The summed E-state index contributed by atoms with van der Waals surface area (Å²) in [5.74, 6) is -1.81. The van der Waals surface area contributed by atoms with E-state index in [0.29, 0.717) is 11.1 Å². The largest absolute Gasteiger partial charge is 0.507 e. The molecule has 4 N–H and O–H groups in total. The molecular weight excluding hydrogens is 206 g/mol. The summed E-state index contributed by atoms with van der Waals surface area (Å²) in [7, 11) is 0. The summed E-state index contributed by atoms with van der Waals surface area (Å²) >= 11 is 0. The first kappa shape index (κ1) is 12.5. The molecule has 1 atom stereocenters. The van der Waals surface area contributed by atoms with Gasteiger partial charge in [0.15, 0.2) is 0 Å². The molecule has 0 aliphatic rings. The molecule has 0 fully saturated rings. The van der Waals surface area contributed by atoms with Crippen molar-refractivity contribution in [2.75, 3.05) is 6.54 Å². The highest BCUT2D eigenvalue weighted by Gasteiger charge is 2.24. The second-order valence-corrected chi connectivity index (χ2v) is 4.02. The summed E-state index contributed by atoms with van der Waals surface area (Å²) in [6.45, 7) is 5.41. The molecule has 16 heavy (non-hydrogen) atoms. The lowest BCUT2D eigenvalue weighted by Gasteiger charge is -2.18. The Morgan fingerprint density at radius 3 is 2.38 bits per heavy atom. The van der Waals surface area contributed by atoms with Gasteiger partial charge in [0.1, 0.15) is 5.75 Å². The molecule has 0 aliphatic heterocycles. The molecule has 0 aromatic heterocycles. The van der Waals surface area contributed by atoms with Crippen molar-refractivity contribution in [2.24, 2.45) is 5.73 Å². The highest BCUT2D eigenvalue weighted by molar-refractivity contribution is 5.78. The van der Waals surface area contributed by atoms with Crippen molar-refractivity contribution in [3.8, 4) is 5.75 Å². The van der Waals surface area contributed by atoms with Gasteiger partial charge in [-0.15, -0.1) is 0 Å². The van der Waals surface area contributed by atoms with E-state index in [0.717, 1.165) is 11.1 Å². The molecule has 1 unspecified atom stereocenters. The predicted molar refractivity (Wildman–Crippen MR) is 61.7 cm³/mol. The van der Waals surface area contributed by atoms with E-state index in [1.165, 1.54) is 0 Å². The van der Waals surface area contributed by atoms with Gasteiger partial charge >= 0.3 is 5.97 Å². The number of phenolic OH excluding ortho intramolecular Hbond substituents is 1. The molecule has 0 bridgehead atoms. The molecule has 4 heteroatoms. The zero-order chi connectivity index (χ0) is 12.5. The van der Waals surface area contributed by atoms with E-state index in [4.69, 9.17) is 10.8 Å². The van der Waals surface area contributed by atoms with E-state index >= 15 is 0 Å². The summed E-state index contributed by atoms with van der Waals surface area (Å²) in [5.41, 5.74) is 8.28. The van der Waals surface area contributed by atoms with Crippen LogP contribution in [0.5, 0.6) is 5.75 Å². The maximum absolute atomic E-state index is 11.0. The fourth-order valence-corrected chi connectivity index (χ4v) is 1.87. The maximum atomic E-state index is 11.0. The van der Waals surface area contributed by atoms with Gasteiger partial charge in [0.2, 0.25) is 0 Å². The predicted octanol–water partition coefficient (Wildman–Crippen LogP) is 1.44. The minimum atomic E-state index is -1.01. The molecule has 0 amide bonds. The number of hydrogen-bond donors (Lipinski definition) is 3. The number of phenols is 1. The zero-order valence-electron chi connectivity index (χ0n) is 9.74. The van der Waals surface area contributed by atoms with Gasteiger partial charge in [-0.25, -0.2) is 0 Å². The molecule has 0 saturated carbocycles. The molecule has 1 aromatic rings. The van der Waals surface area contributed by atoms with Crippen LogP contribution in [0.25, 0.3) is 0 Å². The standard InChI is InChI=1S/C12H17NO3/c1-6-4-7(2)10(11(14)8(6)3)9(5-13)12(15)16/h4,9,14H,5,13H2,1-3H3,(H,15,16). The highest BCUT2D eigenvalue weighted by atomic mass is 16.4. The summed E-state index contributed by atoms with van der Waals surface area (Å²) in [6, 6.07) is 1.87. The first-order chi connectivity index (χ1) is 7.40. The van der Waals surface area contributed by atoms with Crippen LogP contribution in [0.15, 0.2) is 6.07 Å². The number of carboxylic acids is 1. The van der Waals surface area contributed by atoms with Crippen LogP contribution >= 0.6 is 0 Å². The molecule has 0 aliphatic carbocycles. The van der Waals surface area contributed by atoms with Gasteiger partial charge in [0.25, 0.3) is 0 Å². The number of carboxylic acid groups (broad SMARTS) is 1. The Morgan fingerprint density at radius 2 is 1.94 bits per heavy atom. The van der Waals surface area contributed by atoms with Crippen LogP contribution in [0.2, 0.25) is 0 Å². The Labute approximate surface area is 94.7 Å². The lowest BCUT2D eigenvalue weighted by molar-refractivity contribution is -0.138. The smallest absolute Gasteiger partial charge is 0.312 e. The van der Waals surface area contributed by atoms with Crippen LogP contribution in [0.4, 0.5) is 0 Å². The van der Waals surface area contributed by atoms with Gasteiger partial charge in [-0.1, -0.05) is 6.07 Å². The minimum Gasteiger partial charge on any atom is -0.507 e. The lowest BCUT2D eigenvalue weighted by atomic mass is 9.90. The fourth-order valence-electron chi connectivity index (χ4n) is 1.87. The van der Waals surface area contributed by atoms with E-state index in [9.17, 15) is 9.90 Å². The van der Waals surface area contributed by atoms with Crippen LogP contribution in [0.1, 0.15) is 28.2 Å². The van der Waals surface area contributed by atoms with Crippen molar-refractivity contribution in [2.45, 2.75) is 26.7 Å². The van der Waals surface area contributed by atoms with Crippen LogP contribution in [0.3, 0.4) is 0 Å². The summed E-state index contributed by atoms with van der Waals surface area (Å²) < 4.78 is 0. The topological polar surface area (TPSA) is 83.6 Å². The average molecular weight is 223 g/mol. The third kappa shape index (κ3) is 2.02. The molecule has 0 radical (unpaired) electrons. The first-order valence-corrected chi connectivity index (χ1v) is 5.12. The third-order valence-corrected chi connectivity index (χ3v) is 2.94. The summed E-state index contributed by atoms with van der Waals surface area (Å²) in [6.07, 6.45) is 0. The lowest BCUT2D eigenvalue weighted by Crippen LogP contribution is -2.22. The van der Waals surface area contributed by atoms with Crippen molar-refractivity contribution >= 4 is 5.97 Å². The normalized spacial score (nSPS) is 12.5. The Balaban J connectivity index is 3.43. The van der Waals surface area contributed by atoms with Crippen molar-refractivity contribution in [3.63, 3.8) is 0 Å². The number of aromatic hydroxyl groups is 1. The fraction of sp³-hybridized carbons (Fsp3) is 0.417. The first-order valence-electron chi connectivity index (χ1n) is 5.12. The van der Waals surface area contributed by atoms with E-state index in [1.54, 1.807) is 13.8 Å². The number of rotatable bonds is 3. The van der Waals surface area contributed by atoms with Crippen LogP contribution in [-0.2, 0) is 4.79 Å². The number of nitrogens with two attached hydrogens (primary N) is 1. The van der Waals surface area contributed by atoms with Gasteiger partial charge in [-0.3, -0.25) is 4.79 Å². The molecule has 0 saturated heterocycles. The Morgan fingerprint density at radius 1 is 1.38 bits per heavy atom. The molecule has 88 valence electrons. The van der Waals surface area contributed by atoms with Crippen LogP contribution in [-0.4, -0.2) is 22.7 Å². The number of carbonyl (C=O) groups is 1. The zero-order valence-corrected chi connectivity index (χ0v) is 9.74. The summed E-state index contributed by atoms with van der Waals surface area (Å²) in [4.78, 5) is 11.0. The SMILES string of the molecule is Cc1cc(C)c(C(CN)C(=O)O)c(O)c1C. The van der Waals surface area contributed by atoms with Crippen LogP contribution < -0.4 is 5.73 Å². The van der Waals surface area contributed by atoms with Crippen molar-refractivity contribution < 1.29 is 15.0 Å². The molecule has 0 heterocycles. The van der Waals surface area contributed by atoms with E-state index in [1.807, 2.05) is 13.0 Å². The number of hydrogen-bond acceptors (Lipinski definition) is 3. The van der Waals surface area contributed by atoms with E-state index in [2.05, 4.69) is 0 Å². The maximum Gasteiger partial charge on any atom is 0.312 e. The quantitative estimate of drug-likeness (QED) is 0.724. The monoisotopic (exact) mass is 223 g/mol. The van der Waals surface area contributed by atoms with Crippen molar-refractivity contribution in [1.82, 2.24) is 0 Å². The summed E-state index contributed by atoms with van der Waals surface area (Å²) in [5, 5.41) is 19.0. The van der Waals surface area contributed by atoms with Crippen molar-refractivity contribution in [1.29, 1.82) is 0 Å². The van der Waals surface area contributed by atoms with Crippen LogP contribution in [0, 0.1) is 20.8 Å². The minimum absolute atomic E-state index is 0.0216. The van der Waals surface area contributed by atoms with E-state index < -0.39 is 11.9 Å². The van der Waals surface area contributed by atoms with Gasteiger partial charge in [0, 0.05) is 12.1 Å². The van der Waals surface area contributed by atoms with Crippen molar-refractivity contribution in [3.05, 3.63) is 28.3 Å². The molecule has 0 spiro atoms. The Hall–Kier alpha value is -1.55. The number of aliphatic carboxylic acids is 1. The average Bonchev–Trinajstić information content (AvgIpc) is 2.20. The second kappa shape index (κ2) is 4.53. The third-order valence-electron chi connectivity index (χ3n) is 2.94.